The Kier molecular flexibility index (Phi) is 5.80. The van der Waals surface area contributed by atoms with E-state index < -0.39 is 6.09 Å². The molecule has 0 aliphatic rings. The number of methoxy groups -OCH3 is 1. The maximum Gasteiger partial charge on any atom is 0.407 e. The van der Waals surface area contributed by atoms with Crippen molar-refractivity contribution in [2.75, 3.05) is 7.11 Å². The number of carbonyl (C=O) groups is 1. The number of aromatic nitrogens is 1. The molecule has 0 saturated heterocycles. The SMILES string of the molecule is COC(=O)NCc1cccc(C(C(C)C)C(C)C)n1.[HH]. The van der Waals surface area contributed by atoms with Crippen molar-refractivity contribution in [3.63, 3.8) is 0 Å². The Morgan fingerprint density at radius 1 is 1.32 bits per heavy atom. The number of nitrogens with zero attached hydrogens (tertiary/aromatic N) is 1. The smallest absolute Gasteiger partial charge is 0.407 e. The van der Waals surface area contributed by atoms with Gasteiger partial charge in [0.15, 0.2) is 0 Å². The van der Waals surface area contributed by atoms with Gasteiger partial charge in [-0.25, -0.2) is 4.79 Å². The summed E-state index contributed by atoms with van der Waals surface area (Å²) in [7, 11) is 1.35. The Morgan fingerprint density at radius 3 is 2.47 bits per heavy atom. The van der Waals surface area contributed by atoms with Crippen LogP contribution in [0, 0.1) is 11.8 Å². The minimum atomic E-state index is -0.434. The lowest BCUT2D eigenvalue weighted by Crippen LogP contribution is -2.23. The number of rotatable bonds is 5. The monoisotopic (exact) mass is 266 g/mol. The second-order valence-electron chi connectivity index (χ2n) is 5.41. The van der Waals surface area contributed by atoms with Crippen LogP contribution >= 0.6 is 0 Å². The predicted octanol–water partition coefficient (Wildman–Crippen LogP) is 3.58. The average Bonchev–Trinajstić information content (AvgIpc) is 2.35. The maximum atomic E-state index is 11.1. The molecule has 108 valence electrons. The van der Waals surface area contributed by atoms with Gasteiger partial charge in [-0.05, 0) is 24.0 Å². The summed E-state index contributed by atoms with van der Waals surface area (Å²) in [5.74, 6) is 1.51. The summed E-state index contributed by atoms with van der Waals surface area (Å²) in [4.78, 5) is 15.7. The molecule has 0 aromatic carbocycles. The van der Waals surface area contributed by atoms with Gasteiger partial charge >= 0.3 is 6.09 Å². The van der Waals surface area contributed by atoms with Gasteiger partial charge in [-0.3, -0.25) is 4.98 Å². The summed E-state index contributed by atoms with van der Waals surface area (Å²) in [5, 5.41) is 2.65. The standard InChI is InChI=1S/C15H24N2O2.H2/c1-10(2)14(11(3)4)13-8-6-7-12(17-13)9-16-15(18)19-5;/h6-8,10-11,14H,9H2,1-5H3,(H,16,18);1H. The molecule has 19 heavy (non-hydrogen) atoms. The van der Waals surface area contributed by atoms with Gasteiger partial charge in [0.2, 0.25) is 0 Å². The van der Waals surface area contributed by atoms with E-state index in [9.17, 15) is 4.79 Å². The molecule has 1 amide bonds. The zero-order valence-electron chi connectivity index (χ0n) is 12.4. The van der Waals surface area contributed by atoms with E-state index in [1.165, 1.54) is 7.11 Å². The second kappa shape index (κ2) is 7.12. The molecule has 1 aromatic rings. The number of carbonyl (C=O) groups excluding carboxylic acids is 1. The van der Waals surface area contributed by atoms with Crippen molar-refractivity contribution < 1.29 is 11.0 Å². The molecule has 0 aliphatic carbocycles. The number of alkyl carbamates (subject to hydrolysis) is 1. The molecular formula is C15H26N2O2. The Hall–Kier alpha value is -1.58. The van der Waals surface area contributed by atoms with Crippen molar-refractivity contribution in [1.29, 1.82) is 0 Å². The van der Waals surface area contributed by atoms with E-state index in [0.29, 0.717) is 24.3 Å². The molecule has 4 heteroatoms. The fourth-order valence-corrected chi connectivity index (χ4v) is 2.47. The van der Waals surface area contributed by atoms with Crippen LogP contribution in [0.3, 0.4) is 0 Å². The van der Waals surface area contributed by atoms with Gasteiger partial charge in [-0.15, -0.1) is 0 Å². The summed E-state index contributed by atoms with van der Waals surface area (Å²) in [6.07, 6.45) is -0.434. The minimum absolute atomic E-state index is 0. The van der Waals surface area contributed by atoms with E-state index >= 15 is 0 Å². The molecule has 4 nitrogen and oxygen atoms in total. The Morgan fingerprint density at radius 2 is 1.95 bits per heavy atom. The molecule has 0 spiro atoms. The topological polar surface area (TPSA) is 51.2 Å². The number of hydrogen-bond donors (Lipinski definition) is 1. The van der Waals surface area contributed by atoms with Crippen LogP contribution in [0.25, 0.3) is 0 Å². The van der Waals surface area contributed by atoms with E-state index in [2.05, 4.69) is 48.8 Å². The van der Waals surface area contributed by atoms with Gasteiger partial charge in [0.1, 0.15) is 0 Å². The highest BCUT2D eigenvalue weighted by atomic mass is 16.5. The van der Waals surface area contributed by atoms with Crippen LogP contribution in [0.1, 0.15) is 46.4 Å². The molecule has 0 radical (unpaired) electrons. The largest absolute Gasteiger partial charge is 0.453 e. The van der Waals surface area contributed by atoms with E-state index in [4.69, 9.17) is 0 Å². The summed E-state index contributed by atoms with van der Waals surface area (Å²) in [6.45, 7) is 9.25. The molecule has 0 saturated carbocycles. The molecule has 0 fully saturated rings. The molecule has 0 atom stereocenters. The number of ether oxygens (including phenoxy) is 1. The van der Waals surface area contributed by atoms with Crippen LogP contribution in [0.2, 0.25) is 0 Å². The first-order valence-corrected chi connectivity index (χ1v) is 6.73. The first-order chi connectivity index (χ1) is 8.95. The number of amides is 1. The molecule has 1 N–H and O–H groups in total. The van der Waals surface area contributed by atoms with Crippen LogP contribution in [0.4, 0.5) is 4.79 Å². The highest BCUT2D eigenvalue weighted by Crippen LogP contribution is 2.30. The van der Waals surface area contributed by atoms with Crippen molar-refractivity contribution in [2.24, 2.45) is 11.8 Å². The Labute approximate surface area is 117 Å². The number of hydrogen-bond acceptors (Lipinski definition) is 3. The fraction of sp³-hybridized carbons (Fsp3) is 0.600. The normalized spacial score (nSPS) is 11.2. The molecule has 0 bridgehead atoms. The van der Waals surface area contributed by atoms with Gasteiger partial charge in [-0.1, -0.05) is 33.8 Å². The van der Waals surface area contributed by atoms with Crippen molar-refractivity contribution in [3.8, 4) is 0 Å². The third kappa shape index (κ3) is 4.54. The van der Waals surface area contributed by atoms with Gasteiger partial charge in [0.25, 0.3) is 0 Å². The quantitative estimate of drug-likeness (QED) is 0.886. The summed E-state index contributed by atoms with van der Waals surface area (Å²) in [5.41, 5.74) is 1.95. The zero-order chi connectivity index (χ0) is 14.4. The summed E-state index contributed by atoms with van der Waals surface area (Å²) in [6, 6.07) is 5.97. The van der Waals surface area contributed by atoms with Gasteiger partial charge < -0.3 is 10.1 Å². The van der Waals surface area contributed by atoms with Gasteiger partial charge in [0.05, 0.1) is 19.3 Å². The van der Waals surface area contributed by atoms with E-state index in [1.807, 2.05) is 12.1 Å². The van der Waals surface area contributed by atoms with Gasteiger partial charge in [-0.2, -0.15) is 0 Å². The van der Waals surface area contributed by atoms with Crippen LogP contribution in [0.15, 0.2) is 18.2 Å². The van der Waals surface area contributed by atoms with Crippen molar-refractivity contribution in [2.45, 2.75) is 40.2 Å². The molecule has 1 heterocycles. The predicted molar refractivity (Wildman–Crippen MR) is 78.0 cm³/mol. The van der Waals surface area contributed by atoms with Crippen molar-refractivity contribution in [1.82, 2.24) is 10.3 Å². The van der Waals surface area contributed by atoms with Crippen LogP contribution < -0.4 is 5.32 Å². The number of pyridine rings is 1. The highest BCUT2D eigenvalue weighted by Gasteiger charge is 2.21. The average molecular weight is 266 g/mol. The third-order valence-corrected chi connectivity index (χ3v) is 3.21. The number of nitrogens with one attached hydrogen (secondary N) is 1. The Bertz CT molecular complexity index is 414. The van der Waals surface area contributed by atoms with E-state index in [0.717, 1.165) is 11.4 Å². The first kappa shape index (κ1) is 15.5. The van der Waals surface area contributed by atoms with E-state index in [-0.39, 0.29) is 1.43 Å². The molecule has 0 unspecified atom stereocenters. The zero-order valence-corrected chi connectivity index (χ0v) is 12.4. The molecule has 1 rings (SSSR count). The lowest BCUT2D eigenvalue weighted by atomic mass is 9.82. The minimum Gasteiger partial charge on any atom is -0.453 e. The summed E-state index contributed by atoms with van der Waals surface area (Å²) < 4.78 is 4.55. The van der Waals surface area contributed by atoms with Crippen LogP contribution in [-0.2, 0) is 11.3 Å². The first-order valence-electron chi connectivity index (χ1n) is 6.73. The summed E-state index contributed by atoms with van der Waals surface area (Å²) >= 11 is 0. The fourth-order valence-electron chi connectivity index (χ4n) is 2.47. The maximum absolute atomic E-state index is 11.1. The van der Waals surface area contributed by atoms with Crippen LogP contribution in [0.5, 0.6) is 0 Å². The van der Waals surface area contributed by atoms with E-state index in [1.54, 1.807) is 0 Å². The van der Waals surface area contributed by atoms with Crippen molar-refractivity contribution >= 4 is 6.09 Å². The lowest BCUT2D eigenvalue weighted by molar-refractivity contribution is 0.170. The highest BCUT2D eigenvalue weighted by molar-refractivity contribution is 5.66. The third-order valence-electron chi connectivity index (χ3n) is 3.21. The lowest BCUT2D eigenvalue weighted by Gasteiger charge is -2.24. The van der Waals surface area contributed by atoms with Gasteiger partial charge in [0, 0.05) is 13.0 Å². The van der Waals surface area contributed by atoms with Crippen molar-refractivity contribution in [3.05, 3.63) is 29.6 Å². The second-order valence-corrected chi connectivity index (χ2v) is 5.41. The molecule has 0 aliphatic heterocycles. The molecule has 1 aromatic heterocycles. The molecular weight excluding hydrogens is 240 g/mol. The van der Waals surface area contributed by atoms with Crippen LogP contribution in [-0.4, -0.2) is 18.2 Å². The Balaban J connectivity index is 0.00000361.